The molecule has 0 aliphatic carbocycles. The van der Waals surface area contributed by atoms with E-state index < -0.39 is 11.9 Å². The van der Waals surface area contributed by atoms with Crippen LogP contribution >= 0.6 is 0 Å². The highest BCUT2D eigenvalue weighted by Crippen LogP contribution is 2.19. The highest BCUT2D eigenvalue weighted by molar-refractivity contribution is 5.84. The van der Waals surface area contributed by atoms with Crippen molar-refractivity contribution < 1.29 is 23.5 Å². The Bertz CT molecular complexity index is 1220. The van der Waals surface area contributed by atoms with Crippen molar-refractivity contribution in [2.24, 2.45) is 0 Å². The van der Waals surface area contributed by atoms with Gasteiger partial charge in [0.05, 0.1) is 0 Å². The number of benzene rings is 3. The molecule has 0 N–H and O–H groups in total. The summed E-state index contributed by atoms with van der Waals surface area (Å²) in [7, 11) is 0. The maximum atomic E-state index is 14.5. The number of hydrogen-bond donors (Lipinski definition) is 0. The summed E-state index contributed by atoms with van der Waals surface area (Å²) in [6, 6.07) is 18.7. The van der Waals surface area contributed by atoms with Crippen LogP contribution in [0.4, 0.5) is 4.39 Å². The van der Waals surface area contributed by atoms with Gasteiger partial charge in [0.15, 0.2) is 0 Å². The molecule has 0 unspecified atom stereocenters. The third-order valence-electron chi connectivity index (χ3n) is 4.48. The number of carbonyl (C=O) groups is 2. The Kier molecular flexibility index (Phi) is 7.86. The standard InChI is InChI=1S/C28H21FO4/c1-3-27(30)32-24-15-9-20(10-16-24)5-6-22-8-14-23(26(29)19-22)13-7-21-11-17-25(18-12-21)33-28(31)4-2/h3-19H,1-2H2/b6-5+,13-7+. The van der Waals surface area contributed by atoms with E-state index in [0.29, 0.717) is 22.6 Å². The minimum absolute atomic E-state index is 0.350. The van der Waals surface area contributed by atoms with E-state index in [1.807, 2.05) is 12.1 Å². The number of hydrogen-bond acceptors (Lipinski definition) is 4. The van der Waals surface area contributed by atoms with Crippen LogP contribution in [0.1, 0.15) is 22.3 Å². The van der Waals surface area contributed by atoms with Crippen molar-refractivity contribution in [1.29, 1.82) is 0 Å². The second-order valence-corrected chi connectivity index (χ2v) is 6.84. The molecule has 0 bridgehead atoms. The van der Waals surface area contributed by atoms with Crippen molar-refractivity contribution in [3.8, 4) is 11.5 Å². The molecule has 0 spiro atoms. The van der Waals surface area contributed by atoms with E-state index in [4.69, 9.17) is 9.47 Å². The summed E-state index contributed by atoms with van der Waals surface area (Å²) in [6.07, 6.45) is 9.27. The number of ether oxygens (including phenoxy) is 2. The molecule has 0 aliphatic rings. The third-order valence-corrected chi connectivity index (χ3v) is 4.48. The summed E-state index contributed by atoms with van der Waals surface area (Å²) < 4.78 is 24.6. The molecule has 0 amide bonds. The first kappa shape index (κ1) is 23.2. The smallest absolute Gasteiger partial charge is 0.335 e. The zero-order valence-electron chi connectivity index (χ0n) is 17.7. The van der Waals surface area contributed by atoms with E-state index in [1.54, 1.807) is 72.8 Å². The maximum absolute atomic E-state index is 14.5. The van der Waals surface area contributed by atoms with Gasteiger partial charge in [-0.15, -0.1) is 0 Å². The second kappa shape index (κ2) is 11.2. The molecule has 0 aliphatic heterocycles. The van der Waals surface area contributed by atoms with Gasteiger partial charge in [0.2, 0.25) is 0 Å². The maximum Gasteiger partial charge on any atom is 0.335 e. The van der Waals surface area contributed by atoms with Gasteiger partial charge >= 0.3 is 11.9 Å². The lowest BCUT2D eigenvalue weighted by Gasteiger charge is -2.02. The fourth-order valence-corrected chi connectivity index (χ4v) is 2.77. The van der Waals surface area contributed by atoms with Crippen molar-refractivity contribution in [2.75, 3.05) is 0 Å². The van der Waals surface area contributed by atoms with E-state index >= 15 is 0 Å². The van der Waals surface area contributed by atoms with Crippen LogP contribution in [0.5, 0.6) is 11.5 Å². The Morgan fingerprint density at radius 2 is 1.06 bits per heavy atom. The summed E-state index contributed by atoms with van der Waals surface area (Å²) in [5.41, 5.74) is 2.86. The lowest BCUT2D eigenvalue weighted by molar-refractivity contribution is -0.129. The van der Waals surface area contributed by atoms with Crippen molar-refractivity contribution in [3.63, 3.8) is 0 Å². The van der Waals surface area contributed by atoms with Crippen LogP contribution in [0, 0.1) is 5.82 Å². The molecular weight excluding hydrogens is 419 g/mol. The molecule has 5 heteroatoms. The molecule has 0 fully saturated rings. The van der Waals surface area contributed by atoms with Crippen LogP contribution in [-0.4, -0.2) is 11.9 Å². The number of halogens is 1. The molecule has 164 valence electrons. The van der Waals surface area contributed by atoms with E-state index in [0.717, 1.165) is 23.3 Å². The van der Waals surface area contributed by atoms with Gasteiger partial charge in [0, 0.05) is 17.7 Å². The first-order valence-electron chi connectivity index (χ1n) is 10.0. The molecule has 0 heterocycles. The van der Waals surface area contributed by atoms with Gasteiger partial charge in [-0.2, -0.15) is 0 Å². The number of esters is 2. The minimum atomic E-state index is -0.527. The summed E-state index contributed by atoms with van der Waals surface area (Å²) in [6.45, 7) is 6.70. The molecule has 3 aromatic rings. The van der Waals surface area contributed by atoms with E-state index in [1.165, 1.54) is 6.07 Å². The Morgan fingerprint density at radius 1 is 0.636 bits per heavy atom. The Morgan fingerprint density at radius 3 is 1.52 bits per heavy atom. The Hall–Kier alpha value is -4.51. The van der Waals surface area contributed by atoms with Crippen LogP contribution in [0.3, 0.4) is 0 Å². The van der Waals surface area contributed by atoms with Crippen LogP contribution in [0.25, 0.3) is 24.3 Å². The summed E-state index contributed by atoms with van der Waals surface area (Å²) in [5.74, 6) is -0.565. The van der Waals surface area contributed by atoms with Gasteiger partial charge in [-0.3, -0.25) is 0 Å². The number of carbonyl (C=O) groups excluding carboxylic acids is 2. The average Bonchev–Trinajstić information content (AvgIpc) is 2.83. The highest BCUT2D eigenvalue weighted by Gasteiger charge is 2.02. The zero-order valence-corrected chi connectivity index (χ0v) is 17.7. The van der Waals surface area contributed by atoms with Gasteiger partial charge in [-0.05, 0) is 47.0 Å². The molecular formula is C28H21FO4. The molecule has 4 nitrogen and oxygen atoms in total. The second-order valence-electron chi connectivity index (χ2n) is 6.84. The first-order chi connectivity index (χ1) is 16.0. The molecule has 3 rings (SSSR count). The van der Waals surface area contributed by atoms with Gasteiger partial charge in [-0.25, -0.2) is 14.0 Å². The summed E-state index contributed by atoms with van der Waals surface area (Å²) in [5, 5.41) is 0. The van der Waals surface area contributed by atoms with Crippen LogP contribution in [0.15, 0.2) is 92.0 Å². The van der Waals surface area contributed by atoms with E-state index in [9.17, 15) is 14.0 Å². The fraction of sp³-hybridized carbons (Fsp3) is 0. The largest absolute Gasteiger partial charge is 0.423 e. The van der Waals surface area contributed by atoms with Crippen LogP contribution in [-0.2, 0) is 9.59 Å². The molecule has 3 aromatic carbocycles. The van der Waals surface area contributed by atoms with Crippen molar-refractivity contribution in [1.82, 2.24) is 0 Å². The quantitative estimate of drug-likeness (QED) is 0.177. The van der Waals surface area contributed by atoms with Crippen molar-refractivity contribution in [2.45, 2.75) is 0 Å². The van der Waals surface area contributed by atoms with E-state index in [2.05, 4.69) is 13.2 Å². The SMILES string of the molecule is C=CC(=O)Oc1ccc(/C=C/c2ccc(/C=C/c3ccc(OC(=O)C=C)cc3)c(F)c2)cc1. The lowest BCUT2D eigenvalue weighted by Crippen LogP contribution is -2.02. The van der Waals surface area contributed by atoms with Crippen molar-refractivity contribution >= 4 is 36.2 Å². The van der Waals surface area contributed by atoms with Gasteiger partial charge in [0.25, 0.3) is 0 Å². The predicted molar refractivity (Wildman–Crippen MR) is 129 cm³/mol. The topological polar surface area (TPSA) is 52.6 Å². The molecule has 0 aromatic heterocycles. The zero-order chi connectivity index (χ0) is 23.6. The Labute approximate surface area is 191 Å². The first-order valence-corrected chi connectivity index (χ1v) is 10.0. The molecule has 0 radical (unpaired) electrons. The Balaban J connectivity index is 1.63. The average molecular weight is 440 g/mol. The number of rotatable bonds is 8. The lowest BCUT2D eigenvalue weighted by atomic mass is 10.1. The van der Waals surface area contributed by atoms with E-state index in [-0.39, 0.29) is 5.82 Å². The van der Waals surface area contributed by atoms with Crippen LogP contribution in [0.2, 0.25) is 0 Å². The van der Waals surface area contributed by atoms with Gasteiger partial charge in [-0.1, -0.05) is 73.9 Å². The van der Waals surface area contributed by atoms with Crippen molar-refractivity contribution in [3.05, 3.63) is 120 Å². The monoisotopic (exact) mass is 440 g/mol. The molecule has 0 saturated heterocycles. The third kappa shape index (κ3) is 7.01. The molecule has 33 heavy (non-hydrogen) atoms. The highest BCUT2D eigenvalue weighted by atomic mass is 19.1. The van der Waals surface area contributed by atoms with Gasteiger partial charge in [0.1, 0.15) is 17.3 Å². The fourth-order valence-electron chi connectivity index (χ4n) is 2.77. The molecule has 0 saturated carbocycles. The van der Waals surface area contributed by atoms with Gasteiger partial charge < -0.3 is 9.47 Å². The summed E-state index contributed by atoms with van der Waals surface area (Å²) >= 11 is 0. The predicted octanol–water partition coefficient (Wildman–Crippen LogP) is 6.35. The summed E-state index contributed by atoms with van der Waals surface area (Å²) in [4.78, 5) is 22.4. The minimum Gasteiger partial charge on any atom is -0.423 e. The normalized spacial score (nSPS) is 10.8. The van der Waals surface area contributed by atoms with Crippen LogP contribution < -0.4 is 9.47 Å². The molecule has 0 atom stereocenters.